The maximum Gasteiger partial charge on any atom is 0.310 e. The monoisotopic (exact) mass is 597 g/mol. The number of ether oxygens (including phenoxy) is 1. The fourth-order valence-electron chi connectivity index (χ4n) is 7.36. The number of thioether (sulfide) groups is 1. The topological polar surface area (TPSA) is 90.4 Å². The molecule has 3 aliphatic heterocycles. The number of carbonyl (C=O) groups excluding carboxylic acids is 3. The highest BCUT2D eigenvalue weighted by atomic mass is 32.2. The third kappa shape index (κ3) is 5.27. The van der Waals surface area contributed by atoms with Crippen molar-refractivity contribution in [1.82, 2.24) is 4.90 Å². The van der Waals surface area contributed by atoms with E-state index in [9.17, 15) is 19.5 Å². The van der Waals surface area contributed by atoms with Crippen LogP contribution in [0.2, 0.25) is 0 Å². The molecule has 42 heavy (non-hydrogen) atoms. The second kappa shape index (κ2) is 13.2. The summed E-state index contributed by atoms with van der Waals surface area (Å²) in [4.78, 5) is 48.4. The molecule has 0 aromatic heterocycles. The van der Waals surface area contributed by atoms with Crippen molar-refractivity contribution in [2.75, 3.05) is 42.6 Å². The van der Waals surface area contributed by atoms with Gasteiger partial charge in [0.2, 0.25) is 5.91 Å². The van der Waals surface area contributed by atoms with Crippen LogP contribution in [0.4, 0.5) is 11.4 Å². The zero-order chi connectivity index (χ0) is 30.8. The third-order valence-electron chi connectivity index (χ3n) is 9.44. The van der Waals surface area contributed by atoms with Crippen LogP contribution in [0, 0.1) is 23.7 Å². The van der Waals surface area contributed by atoms with Crippen molar-refractivity contribution >= 4 is 40.9 Å². The van der Waals surface area contributed by atoms with E-state index in [1.54, 1.807) is 33.7 Å². The second-order valence-electron chi connectivity index (χ2n) is 12.0. The highest BCUT2D eigenvalue weighted by Gasteiger charge is 2.77. The summed E-state index contributed by atoms with van der Waals surface area (Å²) in [6.45, 7) is 19.8. The molecule has 1 aromatic carbocycles. The summed E-state index contributed by atoms with van der Waals surface area (Å²) in [6.07, 6.45) is 4.65. The first kappa shape index (κ1) is 32.1. The van der Waals surface area contributed by atoms with Crippen molar-refractivity contribution in [3.63, 3.8) is 0 Å². The van der Waals surface area contributed by atoms with E-state index in [-0.39, 0.29) is 54.6 Å². The van der Waals surface area contributed by atoms with Gasteiger partial charge in [0.15, 0.2) is 0 Å². The smallest absolute Gasteiger partial charge is 0.310 e. The van der Waals surface area contributed by atoms with Gasteiger partial charge < -0.3 is 24.5 Å². The van der Waals surface area contributed by atoms with Gasteiger partial charge in [-0.2, -0.15) is 0 Å². The number of aliphatic hydroxyl groups is 1. The number of hydrogen-bond acceptors (Lipinski definition) is 7. The number of aliphatic hydroxyl groups excluding tert-OH is 1. The Bertz CT molecular complexity index is 1170. The summed E-state index contributed by atoms with van der Waals surface area (Å²) in [7, 11) is 0. The molecule has 0 radical (unpaired) electrons. The lowest BCUT2D eigenvalue weighted by Crippen LogP contribution is -2.60. The largest absolute Gasteiger partial charge is 0.465 e. The maximum absolute atomic E-state index is 14.9. The van der Waals surface area contributed by atoms with Gasteiger partial charge in [0.05, 0.1) is 35.8 Å². The van der Waals surface area contributed by atoms with Crippen LogP contribution in [-0.2, 0) is 19.1 Å². The summed E-state index contributed by atoms with van der Waals surface area (Å²) >= 11 is 1.61. The van der Waals surface area contributed by atoms with Crippen LogP contribution in [0.25, 0.3) is 0 Å². The number of hydrogen-bond donors (Lipinski definition) is 1. The molecule has 3 heterocycles. The highest BCUT2D eigenvalue weighted by molar-refractivity contribution is 8.02. The number of anilines is 2. The third-order valence-corrected chi connectivity index (χ3v) is 11.5. The molecule has 1 N–H and O–H groups in total. The van der Waals surface area contributed by atoms with Crippen LogP contribution in [0.3, 0.4) is 0 Å². The molecule has 9 heteroatoms. The normalized spacial score (nSPS) is 28.5. The summed E-state index contributed by atoms with van der Waals surface area (Å²) in [5, 5.41) is 10.4. The fourth-order valence-corrected chi connectivity index (χ4v) is 9.75. The second-order valence-corrected chi connectivity index (χ2v) is 13.5. The minimum absolute atomic E-state index is 0.0137. The lowest BCUT2D eigenvalue weighted by molar-refractivity contribution is -0.155. The van der Waals surface area contributed by atoms with Crippen LogP contribution in [0.15, 0.2) is 49.6 Å². The van der Waals surface area contributed by atoms with E-state index in [0.717, 1.165) is 30.9 Å². The molecule has 0 aliphatic carbocycles. The Labute approximate surface area is 255 Å². The zero-order valence-corrected chi connectivity index (χ0v) is 26.5. The molecule has 1 aromatic rings. The number of benzene rings is 1. The van der Waals surface area contributed by atoms with E-state index >= 15 is 0 Å². The summed E-state index contributed by atoms with van der Waals surface area (Å²) < 4.78 is 4.82. The highest BCUT2D eigenvalue weighted by Crippen LogP contribution is 2.69. The van der Waals surface area contributed by atoms with Crippen LogP contribution >= 0.6 is 11.8 Å². The Kier molecular flexibility index (Phi) is 10.1. The number of likely N-dealkylation sites (tertiary alicyclic amines) is 1. The Hall–Kier alpha value is -2.78. The van der Waals surface area contributed by atoms with E-state index in [4.69, 9.17) is 4.74 Å². The standard InChI is InChI=1S/C33H47N3O5S/c1-8-12-18-41-32(40)27-26-19-22(7)33(42-26)28(27)30(38)36(25(20-37)21(5)6)29(33)31(39)35(17-9-2)24-15-13-23(14-16-24)34(10-3)11-4/h8-9,13-16,21-22,25-29,37H,1-2,10-12,17-20H2,3-7H3/t22?,25-,26-,27+,28-,29?,33?/m0/s1. The molecule has 2 amide bonds. The Morgan fingerprint density at radius 2 is 1.81 bits per heavy atom. The summed E-state index contributed by atoms with van der Waals surface area (Å²) in [5.74, 6) is -2.22. The average molecular weight is 598 g/mol. The molecule has 3 saturated heterocycles. The molecule has 3 aliphatic rings. The molecule has 3 fully saturated rings. The van der Waals surface area contributed by atoms with E-state index in [1.807, 2.05) is 38.1 Å². The van der Waals surface area contributed by atoms with Crippen molar-refractivity contribution in [2.45, 2.75) is 69.5 Å². The Morgan fingerprint density at radius 3 is 2.36 bits per heavy atom. The van der Waals surface area contributed by atoms with E-state index < -0.39 is 28.7 Å². The van der Waals surface area contributed by atoms with Crippen molar-refractivity contribution in [2.24, 2.45) is 23.7 Å². The molecule has 8 nitrogen and oxygen atoms in total. The van der Waals surface area contributed by atoms with Gasteiger partial charge in [0.1, 0.15) is 6.04 Å². The molecular weight excluding hydrogens is 550 g/mol. The number of carbonyl (C=O) groups is 3. The van der Waals surface area contributed by atoms with Crippen molar-refractivity contribution in [3.05, 3.63) is 49.6 Å². The minimum Gasteiger partial charge on any atom is -0.465 e. The van der Waals surface area contributed by atoms with Crippen molar-refractivity contribution in [1.29, 1.82) is 0 Å². The van der Waals surface area contributed by atoms with E-state index in [0.29, 0.717) is 6.42 Å². The van der Waals surface area contributed by atoms with Gasteiger partial charge in [0, 0.05) is 36.3 Å². The first-order chi connectivity index (χ1) is 20.1. The molecule has 230 valence electrons. The number of esters is 1. The molecular formula is C33H47N3O5S. The van der Waals surface area contributed by atoms with Crippen LogP contribution in [0.1, 0.15) is 47.5 Å². The maximum atomic E-state index is 14.9. The van der Waals surface area contributed by atoms with Crippen LogP contribution in [-0.4, -0.2) is 82.7 Å². The Balaban J connectivity index is 1.79. The first-order valence-corrected chi connectivity index (χ1v) is 16.2. The number of fused-ring (bicyclic) bond motifs is 1. The van der Waals surface area contributed by atoms with Gasteiger partial charge in [-0.3, -0.25) is 14.4 Å². The Morgan fingerprint density at radius 1 is 1.17 bits per heavy atom. The summed E-state index contributed by atoms with van der Waals surface area (Å²) in [6, 6.07) is 6.52. The van der Waals surface area contributed by atoms with Crippen molar-refractivity contribution < 1.29 is 24.2 Å². The first-order valence-electron chi connectivity index (χ1n) is 15.3. The van der Waals surface area contributed by atoms with E-state index in [1.165, 1.54) is 0 Å². The molecule has 3 unspecified atom stereocenters. The van der Waals surface area contributed by atoms with Gasteiger partial charge in [-0.25, -0.2) is 0 Å². The number of amides is 2. The van der Waals surface area contributed by atoms with Gasteiger partial charge in [0.25, 0.3) is 5.91 Å². The predicted molar refractivity (Wildman–Crippen MR) is 170 cm³/mol. The van der Waals surface area contributed by atoms with Crippen molar-refractivity contribution in [3.8, 4) is 0 Å². The van der Waals surface area contributed by atoms with Crippen LogP contribution < -0.4 is 9.80 Å². The fraction of sp³-hybridized carbons (Fsp3) is 0.606. The van der Waals surface area contributed by atoms with Gasteiger partial charge in [-0.05, 0) is 62.8 Å². The average Bonchev–Trinajstić information content (AvgIpc) is 3.57. The molecule has 1 spiro atoms. The van der Waals surface area contributed by atoms with Crippen LogP contribution in [0.5, 0.6) is 0 Å². The minimum atomic E-state index is -0.840. The molecule has 2 bridgehead atoms. The SMILES string of the molecule is C=CCCOC(=O)[C@@H]1[C@@H]2CC(C)C3(S2)C(C(=O)N(CC=C)c2ccc(N(CC)CC)cc2)N([C@@H](CO)C(C)C)C(=O)[C@H]13. The predicted octanol–water partition coefficient (Wildman–Crippen LogP) is 4.53. The number of nitrogens with zero attached hydrogens (tertiary/aromatic N) is 3. The molecule has 0 saturated carbocycles. The zero-order valence-electron chi connectivity index (χ0n) is 25.7. The quantitative estimate of drug-likeness (QED) is 0.192. The molecule has 7 atom stereocenters. The lowest BCUT2D eigenvalue weighted by atomic mass is 9.66. The van der Waals surface area contributed by atoms with Gasteiger partial charge in [-0.1, -0.05) is 32.9 Å². The lowest BCUT2D eigenvalue weighted by Gasteiger charge is -2.42. The van der Waals surface area contributed by atoms with E-state index in [2.05, 4.69) is 38.8 Å². The van der Waals surface area contributed by atoms with Gasteiger partial charge in [-0.15, -0.1) is 24.9 Å². The molecule has 4 rings (SSSR count). The van der Waals surface area contributed by atoms with Gasteiger partial charge >= 0.3 is 5.97 Å². The number of rotatable bonds is 14. The summed E-state index contributed by atoms with van der Waals surface area (Å²) in [5.41, 5.74) is 1.79.